The minimum Gasteiger partial charge on any atom is -0.0447 e. The molecule has 0 amide bonds. The molecule has 0 saturated heterocycles. The van der Waals surface area contributed by atoms with E-state index in [2.05, 4.69) is 152 Å². The number of hydrogen-bond donors (Lipinski definition) is 0. The lowest BCUT2D eigenvalue weighted by molar-refractivity contribution is 1.16. The van der Waals surface area contributed by atoms with Crippen LogP contribution in [0.25, 0.3) is 43.8 Å². The molecule has 0 atom stereocenters. The van der Waals surface area contributed by atoms with Crippen molar-refractivity contribution in [1.29, 1.82) is 0 Å². The van der Waals surface area contributed by atoms with Crippen LogP contribution in [0.4, 0.5) is 0 Å². The Labute approximate surface area is 317 Å². The summed E-state index contributed by atoms with van der Waals surface area (Å²) in [7, 11) is 0. The molecule has 0 aliphatic carbocycles. The summed E-state index contributed by atoms with van der Waals surface area (Å²) >= 11 is 0. The number of rotatable bonds is 4. The molecule has 5 aromatic carbocycles. The molecule has 0 saturated carbocycles. The van der Waals surface area contributed by atoms with Gasteiger partial charge in [-0.2, -0.15) is 0 Å². The molecule has 274 valence electrons. The minimum atomic E-state index is 1.39. The average molecular weight is 691 g/mol. The quantitative estimate of drug-likeness (QED) is 0.130. The van der Waals surface area contributed by atoms with Gasteiger partial charge in [0.2, 0.25) is 0 Å². The van der Waals surface area contributed by atoms with Crippen LogP contribution in [0.15, 0.2) is 0 Å². The summed E-state index contributed by atoms with van der Waals surface area (Å²) < 4.78 is 0. The van der Waals surface area contributed by atoms with Gasteiger partial charge in [-0.15, -0.1) is 0 Å². The first-order valence-corrected chi connectivity index (χ1v) is 19.5. The van der Waals surface area contributed by atoms with Crippen LogP contribution in [0.3, 0.4) is 0 Å². The Bertz CT molecular complexity index is 2170. The second kappa shape index (κ2) is 13.5. The number of hydrogen-bond acceptors (Lipinski definition) is 0. The molecule has 0 heterocycles. The molecule has 0 spiro atoms. The first-order chi connectivity index (χ1) is 24.0. The van der Waals surface area contributed by atoms with E-state index in [4.69, 9.17) is 0 Å². The van der Waals surface area contributed by atoms with Crippen LogP contribution in [-0.2, 0) is 0 Å². The van der Waals surface area contributed by atoms with Crippen molar-refractivity contribution >= 4 is 43.8 Å². The molecule has 0 aliphatic rings. The summed E-state index contributed by atoms with van der Waals surface area (Å²) in [5.74, 6) is 0. The van der Waals surface area contributed by atoms with E-state index < -0.39 is 0 Å². The van der Waals surface area contributed by atoms with Crippen molar-refractivity contribution in [2.24, 2.45) is 0 Å². The summed E-state index contributed by atoms with van der Waals surface area (Å²) in [6.45, 7) is 51.7. The summed E-state index contributed by atoms with van der Waals surface area (Å²) in [4.78, 5) is 0. The topological polar surface area (TPSA) is 0 Å². The fourth-order valence-corrected chi connectivity index (χ4v) is 9.75. The maximum atomic E-state index is 2.42. The SMILES string of the molecule is C/C(=C(/C)c1c2c(C)c(C)c(C)c(C)c2c(/C(C)=C(\C)c2c(C)c(C)c(C)c(C)c2C)c2c(C)c(C)c(C)c(C)c12)c1c(C)c(C)c(C)c(C)c1C. The van der Waals surface area contributed by atoms with Crippen molar-refractivity contribution in [2.45, 2.75) is 152 Å². The Morgan fingerprint density at radius 2 is 0.308 bits per heavy atom. The van der Waals surface area contributed by atoms with Crippen molar-refractivity contribution < 1.29 is 0 Å². The lowest BCUT2D eigenvalue weighted by Crippen LogP contribution is -2.08. The molecule has 0 aliphatic heterocycles. The molecule has 0 radical (unpaired) electrons. The van der Waals surface area contributed by atoms with E-state index in [1.807, 2.05) is 0 Å². The third-order valence-electron chi connectivity index (χ3n) is 15.0. The maximum absolute atomic E-state index is 2.42. The zero-order valence-electron chi connectivity index (χ0n) is 37.0. The van der Waals surface area contributed by atoms with Gasteiger partial charge in [0.05, 0.1) is 0 Å². The van der Waals surface area contributed by atoms with Gasteiger partial charge in [0, 0.05) is 0 Å². The smallest absolute Gasteiger partial charge is 0.00611 e. The Morgan fingerprint density at radius 3 is 0.500 bits per heavy atom. The predicted octanol–water partition coefficient (Wildman–Crippen LogP) is 15.4. The highest BCUT2D eigenvalue weighted by atomic mass is 14.3. The van der Waals surface area contributed by atoms with Gasteiger partial charge in [0.15, 0.2) is 0 Å². The van der Waals surface area contributed by atoms with Gasteiger partial charge in [-0.25, -0.2) is 0 Å². The zero-order valence-corrected chi connectivity index (χ0v) is 37.0. The van der Waals surface area contributed by atoms with Gasteiger partial charge in [-0.3, -0.25) is 0 Å². The Hall–Kier alpha value is -3.90. The molecule has 0 nitrogen and oxygen atoms in total. The molecule has 5 aromatic rings. The molecular formula is C52H66. The molecule has 52 heavy (non-hydrogen) atoms. The second-order valence-corrected chi connectivity index (χ2v) is 16.8. The van der Waals surface area contributed by atoms with Crippen molar-refractivity contribution in [1.82, 2.24) is 0 Å². The molecule has 5 rings (SSSR count). The van der Waals surface area contributed by atoms with E-state index in [1.165, 1.54) is 166 Å². The Balaban J connectivity index is 2.19. The summed E-state index contributed by atoms with van der Waals surface area (Å²) in [6, 6.07) is 0. The van der Waals surface area contributed by atoms with E-state index in [9.17, 15) is 0 Å². The van der Waals surface area contributed by atoms with Crippen molar-refractivity contribution in [3.63, 3.8) is 0 Å². The summed E-state index contributed by atoms with van der Waals surface area (Å²) in [5.41, 5.74) is 36.6. The van der Waals surface area contributed by atoms with E-state index in [0.717, 1.165) is 0 Å². The minimum absolute atomic E-state index is 1.39. The summed E-state index contributed by atoms with van der Waals surface area (Å²) in [6.07, 6.45) is 0. The monoisotopic (exact) mass is 691 g/mol. The van der Waals surface area contributed by atoms with Crippen LogP contribution < -0.4 is 0 Å². The maximum Gasteiger partial charge on any atom is -0.00611 e. The van der Waals surface area contributed by atoms with Crippen molar-refractivity contribution in [3.8, 4) is 0 Å². The lowest BCUT2D eigenvalue weighted by atomic mass is 9.74. The fourth-order valence-electron chi connectivity index (χ4n) is 9.75. The predicted molar refractivity (Wildman–Crippen MR) is 236 cm³/mol. The number of aryl methyl sites for hydroxylation is 4. The molecule has 0 bridgehead atoms. The normalized spacial score (nSPS) is 13.0. The van der Waals surface area contributed by atoms with E-state index >= 15 is 0 Å². The molecule has 0 fully saturated rings. The standard InChI is InChI=1S/C52H66/c1-23-25(3)33(11)45(34(12)26(23)4)41(19)43(21)51-47-37(15)29(7)31(9)39(17)49(47)52(50-40(18)32(10)30(8)38(16)48(50)51)44(22)42(20)46-35(13)27(5)24(2)28(6)36(46)14/h1-22H3/b43-41+,44-42+. The van der Waals surface area contributed by atoms with Gasteiger partial charge in [-0.1, -0.05) is 0 Å². The van der Waals surface area contributed by atoms with E-state index in [-0.39, 0.29) is 0 Å². The van der Waals surface area contributed by atoms with E-state index in [0.29, 0.717) is 0 Å². The fraction of sp³-hybridized carbons (Fsp3) is 0.423. The second-order valence-electron chi connectivity index (χ2n) is 16.8. The van der Waals surface area contributed by atoms with Gasteiger partial charge in [0.1, 0.15) is 0 Å². The zero-order chi connectivity index (χ0) is 39.3. The van der Waals surface area contributed by atoms with Crippen molar-refractivity contribution in [2.75, 3.05) is 0 Å². The van der Waals surface area contributed by atoms with Crippen LogP contribution in [0.2, 0.25) is 0 Å². The molecular weight excluding hydrogens is 625 g/mol. The van der Waals surface area contributed by atoms with Crippen LogP contribution in [0.1, 0.15) is 150 Å². The van der Waals surface area contributed by atoms with Crippen LogP contribution >= 0.6 is 0 Å². The van der Waals surface area contributed by atoms with E-state index in [1.54, 1.807) is 0 Å². The first kappa shape index (κ1) is 39.3. The number of fused-ring (bicyclic) bond motifs is 2. The highest BCUT2D eigenvalue weighted by molar-refractivity contribution is 6.23. The van der Waals surface area contributed by atoms with Gasteiger partial charge in [-0.05, 0) is 319 Å². The highest BCUT2D eigenvalue weighted by Crippen LogP contribution is 2.50. The molecule has 0 heteroatoms. The highest BCUT2D eigenvalue weighted by Gasteiger charge is 2.28. The third kappa shape index (κ3) is 5.37. The van der Waals surface area contributed by atoms with Crippen LogP contribution in [0.5, 0.6) is 0 Å². The van der Waals surface area contributed by atoms with Gasteiger partial charge < -0.3 is 0 Å². The van der Waals surface area contributed by atoms with Crippen LogP contribution in [0, 0.1) is 125 Å². The largest absolute Gasteiger partial charge is 0.0447 e. The van der Waals surface area contributed by atoms with Crippen molar-refractivity contribution in [3.05, 3.63) is 122 Å². The molecule has 0 unspecified atom stereocenters. The third-order valence-corrected chi connectivity index (χ3v) is 15.0. The number of benzene rings is 5. The Morgan fingerprint density at radius 1 is 0.173 bits per heavy atom. The molecule has 0 N–H and O–H groups in total. The molecule has 0 aromatic heterocycles. The van der Waals surface area contributed by atoms with Crippen LogP contribution in [-0.4, -0.2) is 0 Å². The number of allylic oxidation sites excluding steroid dienone is 4. The summed E-state index contributed by atoms with van der Waals surface area (Å²) in [5, 5.41) is 5.72. The lowest BCUT2D eigenvalue weighted by Gasteiger charge is -2.29. The average Bonchev–Trinajstić information content (AvgIpc) is 3.12. The first-order valence-electron chi connectivity index (χ1n) is 19.5. The van der Waals surface area contributed by atoms with Gasteiger partial charge in [0.25, 0.3) is 0 Å². The Kier molecular flexibility index (Phi) is 10.2. The van der Waals surface area contributed by atoms with Gasteiger partial charge >= 0.3 is 0 Å².